The number of carbonyl (C=O) groups is 1. The lowest BCUT2D eigenvalue weighted by Crippen LogP contribution is -2.44. The minimum absolute atomic E-state index is 0.110. The average Bonchev–Trinajstić information content (AvgIpc) is 2.11. The Morgan fingerprint density at radius 1 is 1.29 bits per heavy atom. The van der Waals surface area contributed by atoms with Gasteiger partial charge in [0.05, 0.1) is 6.42 Å². The van der Waals surface area contributed by atoms with Crippen molar-refractivity contribution in [1.82, 2.24) is 5.32 Å². The number of hydrogen-bond donors (Lipinski definition) is 2. The zero-order chi connectivity index (χ0) is 13.7. The number of amides is 1. The number of hydrogen-bond acceptors (Lipinski definition) is 2. The van der Waals surface area contributed by atoms with Gasteiger partial charge < -0.3 is 10.4 Å². The van der Waals surface area contributed by atoms with Crippen LogP contribution in [-0.4, -0.2) is 29.8 Å². The van der Waals surface area contributed by atoms with Crippen LogP contribution in [0, 0.1) is 5.41 Å². The Morgan fingerprint density at radius 3 is 2.18 bits per heavy atom. The van der Waals surface area contributed by atoms with Crippen molar-refractivity contribution >= 4 is 5.91 Å². The van der Waals surface area contributed by atoms with Gasteiger partial charge in [-0.3, -0.25) is 4.79 Å². The molecule has 1 atom stereocenters. The Bertz CT molecular complexity index is 246. The molecule has 0 aliphatic heterocycles. The summed E-state index contributed by atoms with van der Waals surface area (Å²) < 4.78 is 35.7. The Kier molecular flexibility index (Phi) is 5.95. The minimum Gasteiger partial charge on any atom is -0.396 e. The van der Waals surface area contributed by atoms with Crippen LogP contribution in [0.1, 0.15) is 40.0 Å². The van der Waals surface area contributed by atoms with Crippen molar-refractivity contribution in [1.29, 1.82) is 0 Å². The van der Waals surface area contributed by atoms with Gasteiger partial charge in [0, 0.05) is 19.1 Å². The molecule has 1 unspecified atom stereocenters. The Balaban J connectivity index is 4.23. The number of nitrogens with one attached hydrogen (secondary N) is 1. The van der Waals surface area contributed by atoms with E-state index >= 15 is 0 Å². The standard InChI is InChI=1S/C11H20F3NO2/c1-10(2,3)8(5-7-16)15-9(17)4-6-11(12,13)14/h8,16H,4-7H2,1-3H3,(H,15,17). The van der Waals surface area contributed by atoms with Crippen molar-refractivity contribution in [2.24, 2.45) is 5.41 Å². The average molecular weight is 255 g/mol. The van der Waals surface area contributed by atoms with Crippen LogP contribution >= 0.6 is 0 Å². The summed E-state index contributed by atoms with van der Waals surface area (Å²) in [5.41, 5.74) is -0.295. The second kappa shape index (κ2) is 6.23. The summed E-state index contributed by atoms with van der Waals surface area (Å²) in [6.45, 7) is 5.47. The molecule has 3 nitrogen and oxygen atoms in total. The van der Waals surface area contributed by atoms with Crippen molar-refractivity contribution in [3.63, 3.8) is 0 Å². The van der Waals surface area contributed by atoms with Crippen LogP contribution in [0.3, 0.4) is 0 Å². The Hall–Kier alpha value is -0.780. The molecule has 0 bridgehead atoms. The van der Waals surface area contributed by atoms with Gasteiger partial charge in [-0.05, 0) is 11.8 Å². The number of alkyl halides is 3. The molecule has 1 amide bonds. The van der Waals surface area contributed by atoms with E-state index in [2.05, 4.69) is 5.32 Å². The van der Waals surface area contributed by atoms with Gasteiger partial charge in [0.1, 0.15) is 0 Å². The van der Waals surface area contributed by atoms with Crippen LogP contribution in [0.5, 0.6) is 0 Å². The summed E-state index contributed by atoms with van der Waals surface area (Å²) in [4.78, 5) is 11.3. The highest BCUT2D eigenvalue weighted by molar-refractivity contribution is 5.76. The van der Waals surface area contributed by atoms with E-state index in [-0.39, 0.29) is 18.1 Å². The molecule has 0 heterocycles. The maximum atomic E-state index is 11.9. The first-order chi connectivity index (χ1) is 7.56. The van der Waals surface area contributed by atoms with E-state index in [1.807, 2.05) is 20.8 Å². The molecule has 0 fully saturated rings. The molecule has 0 saturated carbocycles. The number of rotatable bonds is 5. The molecule has 6 heteroatoms. The summed E-state index contributed by atoms with van der Waals surface area (Å²) >= 11 is 0. The van der Waals surface area contributed by atoms with Gasteiger partial charge in [0.2, 0.25) is 5.91 Å². The molecule has 2 N–H and O–H groups in total. The molecule has 0 aromatic rings. The van der Waals surface area contributed by atoms with E-state index in [9.17, 15) is 18.0 Å². The predicted molar refractivity (Wildman–Crippen MR) is 58.4 cm³/mol. The molecule has 0 aliphatic carbocycles. The van der Waals surface area contributed by atoms with Crippen molar-refractivity contribution in [2.75, 3.05) is 6.61 Å². The van der Waals surface area contributed by atoms with E-state index in [1.165, 1.54) is 0 Å². The van der Waals surface area contributed by atoms with Gasteiger partial charge in [-0.1, -0.05) is 20.8 Å². The van der Waals surface area contributed by atoms with E-state index in [4.69, 9.17) is 5.11 Å². The second-order valence-electron chi connectivity index (χ2n) is 5.11. The number of aliphatic hydroxyl groups is 1. The van der Waals surface area contributed by atoms with Crippen LogP contribution < -0.4 is 5.32 Å². The third kappa shape index (κ3) is 8.01. The molecule has 0 aromatic heterocycles. The molecule has 0 radical (unpaired) electrons. The van der Waals surface area contributed by atoms with Gasteiger partial charge in [-0.25, -0.2) is 0 Å². The Morgan fingerprint density at radius 2 is 1.82 bits per heavy atom. The molecule has 102 valence electrons. The first kappa shape index (κ1) is 16.2. The summed E-state index contributed by atoms with van der Waals surface area (Å²) in [6.07, 6.45) is -5.66. The number of carbonyl (C=O) groups excluding carboxylic acids is 1. The van der Waals surface area contributed by atoms with Gasteiger partial charge in [0.15, 0.2) is 0 Å². The summed E-state index contributed by atoms with van der Waals surface area (Å²) in [5.74, 6) is -0.629. The van der Waals surface area contributed by atoms with Crippen LogP contribution in [0.25, 0.3) is 0 Å². The first-order valence-corrected chi connectivity index (χ1v) is 5.53. The Labute approximate surface area is 99.4 Å². The molecule has 0 aromatic carbocycles. The molecule has 0 aliphatic rings. The fourth-order valence-electron chi connectivity index (χ4n) is 1.37. The fraction of sp³-hybridized carbons (Fsp3) is 0.909. The monoisotopic (exact) mass is 255 g/mol. The van der Waals surface area contributed by atoms with E-state index in [1.54, 1.807) is 0 Å². The third-order valence-electron chi connectivity index (χ3n) is 2.43. The number of halogens is 3. The summed E-state index contributed by atoms with van der Waals surface area (Å²) in [7, 11) is 0. The lowest BCUT2D eigenvalue weighted by atomic mass is 9.85. The van der Waals surface area contributed by atoms with Crippen LogP contribution in [0.4, 0.5) is 13.2 Å². The first-order valence-electron chi connectivity index (χ1n) is 5.53. The van der Waals surface area contributed by atoms with E-state index in [0.717, 1.165) is 0 Å². The highest BCUT2D eigenvalue weighted by Gasteiger charge is 2.30. The van der Waals surface area contributed by atoms with Crippen LogP contribution in [0.15, 0.2) is 0 Å². The lowest BCUT2D eigenvalue weighted by Gasteiger charge is -2.31. The van der Waals surface area contributed by atoms with Gasteiger partial charge >= 0.3 is 6.18 Å². The van der Waals surface area contributed by atoms with Crippen LogP contribution in [-0.2, 0) is 4.79 Å². The maximum absolute atomic E-state index is 11.9. The number of aliphatic hydroxyl groups excluding tert-OH is 1. The van der Waals surface area contributed by atoms with E-state index in [0.29, 0.717) is 6.42 Å². The quantitative estimate of drug-likeness (QED) is 0.791. The maximum Gasteiger partial charge on any atom is 0.389 e. The predicted octanol–water partition coefficient (Wildman–Crippen LogP) is 2.24. The fourth-order valence-corrected chi connectivity index (χ4v) is 1.37. The van der Waals surface area contributed by atoms with Crippen LogP contribution in [0.2, 0.25) is 0 Å². The van der Waals surface area contributed by atoms with Crippen molar-refractivity contribution in [2.45, 2.75) is 52.3 Å². The summed E-state index contributed by atoms with van der Waals surface area (Å²) in [5, 5.41) is 11.4. The zero-order valence-corrected chi connectivity index (χ0v) is 10.4. The van der Waals surface area contributed by atoms with Gasteiger partial charge in [-0.15, -0.1) is 0 Å². The van der Waals surface area contributed by atoms with E-state index < -0.39 is 24.9 Å². The highest BCUT2D eigenvalue weighted by atomic mass is 19.4. The normalized spacial score (nSPS) is 14.5. The van der Waals surface area contributed by atoms with Crippen molar-refractivity contribution in [3.8, 4) is 0 Å². The van der Waals surface area contributed by atoms with Gasteiger partial charge in [0.25, 0.3) is 0 Å². The molecule has 17 heavy (non-hydrogen) atoms. The summed E-state index contributed by atoms with van der Waals surface area (Å²) in [6, 6.07) is -0.326. The molecule has 0 rings (SSSR count). The third-order valence-corrected chi connectivity index (χ3v) is 2.43. The smallest absolute Gasteiger partial charge is 0.389 e. The minimum atomic E-state index is -4.31. The zero-order valence-electron chi connectivity index (χ0n) is 10.4. The largest absolute Gasteiger partial charge is 0.396 e. The highest BCUT2D eigenvalue weighted by Crippen LogP contribution is 2.23. The lowest BCUT2D eigenvalue weighted by molar-refractivity contribution is -0.144. The van der Waals surface area contributed by atoms with Crippen molar-refractivity contribution in [3.05, 3.63) is 0 Å². The van der Waals surface area contributed by atoms with Gasteiger partial charge in [-0.2, -0.15) is 13.2 Å². The molecule has 0 spiro atoms. The second-order valence-corrected chi connectivity index (χ2v) is 5.11. The topological polar surface area (TPSA) is 49.3 Å². The van der Waals surface area contributed by atoms with Crippen molar-refractivity contribution < 1.29 is 23.1 Å². The SMILES string of the molecule is CC(C)(C)C(CCO)NC(=O)CCC(F)(F)F. The molecular weight excluding hydrogens is 235 g/mol. The molecular formula is C11H20F3NO2. The molecule has 0 saturated heterocycles.